The molecule has 88 heavy (non-hydrogen) atoms. The molecule has 0 fully saturated rings. The third-order valence-corrected chi connectivity index (χ3v) is 15.3. The summed E-state index contributed by atoms with van der Waals surface area (Å²) in [5.74, 6) is -11.9. The Hall–Kier alpha value is -9.07. The lowest BCUT2D eigenvalue weighted by molar-refractivity contribution is -0.141. The number of thioether (sulfide) groups is 1. The zero-order valence-electron chi connectivity index (χ0n) is 50.4. The third kappa shape index (κ3) is 23.7. The average Bonchev–Trinajstić information content (AvgIpc) is 3.65. The monoisotopic (exact) mass is 1240 g/mol. The normalized spacial score (nSPS) is 13.9. The van der Waals surface area contributed by atoms with Crippen LogP contribution in [0.3, 0.4) is 0 Å². The third-order valence-electron chi connectivity index (χ3n) is 14.0. The first-order valence-electron chi connectivity index (χ1n) is 28.9. The predicted molar refractivity (Wildman–Crippen MR) is 328 cm³/mol. The van der Waals surface area contributed by atoms with Crippen LogP contribution in [0.5, 0.6) is 5.75 Å². The zero-order chi connectivity index (χ0) is 65.3. The lowest BCUT2D eigenvalue weighted by Gasteiger charge is -2.28. The highest BCUT2D eigenvalue weighted by atomic mass is 32.2. The number of benzene rings is 4. The molecular formula is C62H82N10O15S. The maximum Gasteiger partial charge on any atom is 0.320 e. The fraction of sp³-hybridized carbons (Fsp3) is 0.452. The quantitative estimate of drug-likeness (QED) is 0.0230. The summed E-state index contributed by atoms with van der Waals surface area (Å²) in [6.07, 6.45) is -1.82. The van der Waals surface area contributed by atoms with E-state index in [1.807, 2.05) is 30.3 Å². The molecule has 0 radical (unpaired) electrons. The van der Waals surface area contributed by atoms with Gasteiger partial charge < -0.3 is 68.9 Å². The Labute approximate surface area is 515 Å². The molecule has 4 rings (SSSR count). The first-order valence-corrected chi connectivity index (χ1v) is 29.8. The smallest absolute Gasteiger partial charge is 0.320 e. The minimum absolute atomic E-state index is 0.0110. The number of hydrogen-bond donors (Lipinski definition) is 13. The van der Waals surface area contributed by atoms with Gasteiger partial charge in [-0.05, 0) is 103 Å². The number of primary amides is 1. The molecule has 0 heterocycles. The van der Waals surface area contributed by atoms with E-state index < -0.39 is 156 Å². The van der Waals surface area contributed by atoms with Crippen molar-refractivity contribution in [1.29, 1.82) is 0 Å². The van der Waals surface area contributed by atoms with Gasteiger partial charge in [-0.2, -0.15) is 0 Å². The molecule has 0 aliphatic carbocycles. The van der Waals surface area contributed by atoms with Crippen LogP contribution in [0.15, 0.2) is 102 Å². The largest absolute Gasteiger partial charge is 0.508 e. The van der Waals surface area contributed by atoms with Gasteiger partial charge in [0.25, 0.3) is 5.91 Å². The second-order valence-corrected chi connectivity index (χ2v) is 24.1. The van der Waals surface area contributed by atoms with Crippen LogP contribution in [0.1, 0.15) is 109 Å². The van der Waals surface area contributed by atoms with Crippen molar-refractivity contribution in [3.8, 4) is 5.75 Å². The second-order valence-electron chi connectivity index (χ2n) is 22.6. The first-order chi connectivity index (χ1) is 41.6. The van der Waals surface area contributed by atoms with Crippen LogP contribution in [-0.2, 0) is 59.2 Å². The predicted octanol–water partition coefficient (Wildman–Crippen LogP) is 2.56. The lowest BCUT2D eigenvalue weighted by atomic mass is 9.99. The molecule has 0 saturated carbocycles. The maximum absolute atomic E-state index is 14.6. The molecule has 14 N–H and O–H groups in total. The van der Waals surface area contributed by atoms with E-state index >= 15 is 0 Å². The van der Waals surface area contributed by atoms with E-state index in [2.05, 4.69) is 47.9 Å². The number of rotatable bonds is 36. The number of carbonyl (C=O) groups is 12. The maximum atomic E-state index is 14.6. The number of hydrogen-bond acceptors (Lipinski definition) is 14. The highest BCUT2D eigenvalue weighted by Crippen LogP contribution is 2.39. The molecule has 0 spiro atoms. The Morgan fingerprint density at radius 3 is 1.68 bits per heavy atom. The van der Waals surface area contributed by atoms with E-state index in [9.17, 15) is 72.9 Å². The molecule has 0 saturated heterocycles. The highest BCUT2D eigenvalue weighted by molar-refractivity contribution is 8.01. The molecule has 0 unspecified atom stereocenters. The van der Waals surface area contributed by atoms with Gasteiger partial charge in [0.1, 0.15) is 46.7 Å². The fourth-order valence-electron chi connectivity index (χ4n) is 9.11. The van der Waals surface area contributed by atoms with Gasteiger partial charge in [-0.3, -0.25) is 57.5 Å². The molecule has 0 bridgehead atoms. The number of carbonyl (C=O) groups excluding carboxylic acids is 10. The molecular weight excluding hydrogens is 1160 g/mol. The van der Waals surface area contributed by atoms with Crippen molar-refractivity contribution < 1.29 is 72.9 Å². The van der Waals surface area contributed by atoms with Gasteiger partial charge in [-0.15, -0.1) is 11.8 Å². The van der Waals surface area contributed by atoms with Crippen LogP contribution in [0, 0.1) is 17.8 Å². The summed E-state index contributed by atoms with van der Waals surface area (Å²) in [6.45, 7) is 10.4. The van der Waals surface area contributed by atoms with Crippen molar-refractivity contribution in [2.24, 2.45) is 23.5 Å². The number of phenolic OH excluding ortho intramolecular Hbond substituents is 1. The van der Waals surface area contributed by atoms with Crippen LogP contribution in [-0.4, -0.2) is 147 Å². The number of carboxylic acid groups (broad SMARTS) is 2. The summed E-state index contributed by atoms with van der Waals surface area (Å²) in [7, 11) is 0. The van der Waals surface area contributed by atoms with Crippen molar-refractivity contribution in [3.05, 3.63) is 108 Å². The number of carboxylic acids is 2. The van der Waals surface area contributed by atoms with Crippen LogP contribution in [0.2, 0.25) is 0 Å². The van der Waals surface area contributed by atoms with E-state index in [1.165, 1.54) is 31.2 Å². The summed E-state index contributed by atoms with van der Waals surface area (Å²) in [5, 5.41) is 54.9. The van der Waals surface area contributed by atoms with E-state index in [4.69, 9.17) is 5.73 Å². The molecule has 10 amide bonds. The van der Waals surface area contributed by atoms with Gasteiger partial charge in [-0.1, -0.05) is 108 Å². The minimum atomic E-state index is -1.70. The summed E-state index contributed by atoms with van der Waals surface area (Å²) in [5.41, 5.74) is 6.15. The van der Waals surface area contributed by atoms with Gasteiger partial charge in [0.2, 0.25) is 53.2 Å². The van der Waals surface area contributed by atoms with Crippen molar-refractivity contribution in [1.82, 2.24) is 47.9 Å². The number of amides is 10. The van der Waals surface area contributed by atoms with Crippen LogP contribution in [0.4, 0.5) is 0 Å². The molecule has 476 valence electrons. The number of unbranched alkanes of at least 4 members (excludes halogenated alkanes) is 1. The topological polar surface area (TPSA) is 400 Å². The van der Waals surface area contributed by atoms with Gasteiger partial charge in [-0.25, -0.2) is 0 Å². The van der Waals surface area contributed by atoms with Crippen LogP contribution >= 0.6 is 11.8 Å². The molecule has 0 aliphatic rings. The number of nitrogens with one attached hydrogen (secondary N) is 9. The number of nitrogens with two attached hydrogens (primary N) is 1. The van der Waals surface area contributed by atoms with Crippen LogP contribution in [0.25, 0.3) is 10.8 Å². The van der Waals surface area contributed by atoms with Gasteiger partial charge in [0, 0.05) is 29.8 Å². The second kappa shape index (κ2) is 34.9. The summed E-state index contributed by atoms with van der Waals surface area (Å²) < 4.78 is -1.59. The molecule has 26 heteroatoms. The highest BCUT2D eigenvalue weighted by Gasteiger charge is 2.38. The van der Waals surface area contributed by atoms with E-state index in [0.29, 0.717) is 16.0 Å². The average molecular weight is 1240 g/mol. The standard InChI is InChI=1S/C62H82N10O15S/c1-35(2)30-45(70-60(85)53(37(5)6)72-50(76)33-65-55(80)40-17-9-8-10-18-40)59(84)67-43(21-13-14-29-64-48(74)32-62(7,61(86)87)88-47-22-15-19-39-16-11-12-20-42(39)47)57(82)68-44(27-28-51(77)78)58(83)69-46(31-38-23-25-41(73)26-24-38)56(81)66-34-49(75)71-52(36(3)4)54(63)79/h8-12,15-20,22-26,35-37,43-46,52-53,73H,13-14,21,27-34H2,1-7H3,(H2,63,79)(H,64,74)(H,65,80)(H,66,81)(H,67,84)(H,68,82)(H,69,83)(H,70,85)(H,71,75)(H,72,76)(H,77,78)(H,86,87)/t43-,44-,45-,46-,52-,53-,62+/m0/s1. The summed E-state index contributed by atoms with van der Waals surface area (Å²) >= 11 is 1.03. The Bertz CT molecular complexity index is 3100. The number of aliphatic carboxylic acids is 2. The van der Waals surface area contributed by atoms with Crippen molar-refractivity contribution >= 4 is 93.5 Å². The Kier molecular flexibility index (Phi) is 28.3. The van der Waals surface area contributed by atoms with Crippen molar-refractivity contribution in [3.63, 3.8) is 0 Å². The van der Waals surface area contributed by atoms with Crippen molar-refractivity contribution in [2.45, 2.75) is 146 Å². The lowest BCUT2D eigenvalue weighted by Crippen LogP contribution is -2.60. The first kappa shape index (κ1) is 71.4. The SMILES string of the molecule is CC(C)C[C@H](NC(=O)[C@@H](NC(=O)CNC(=O)c1ccccc1)C(C)C)C(=O)N[C@@H](CCCCNC(=O)C[C@@](C)(Sc1cccc2ccccc12)C(=O)O)C(=O)N[C@@H](CCC(=O)O)C(=O)N[C@@H](Cc1ccc(O)cc1)C(=O)NCC(=O)N[C@H](C(N)=O)C(C)C. The summed E-state index contributed by atoms with van der Waals surface area (Å²) in [6, 6.07) is 18.2. The van der Waals surface area contributed by atoms with E-state index in [1.54, 1.807) is 84.0 Å². The molecule has 0 aliphatic heterocycles. The number of phenols is 1. The zero-order valence-corrected chi connectivity index (χ0v) is 51.3. The molecule has 7 atom stereocenters. The van der Waals surface area contributed by atoms with Crippen LogP contribution < -0.4 is 53.6 Å². The Morgan fingerprint density at radius 1 is 0.545 bits per heavy atom. The molecule has 25 nitrogen and oxygen atoms in total. The Morgan fingerprint density at radius 2 is 1.09 bits per heavy atom. The van der Waals surface area contributed by atoms with Gasteiger partial charge >= 0.3 is 11.9 Å². The molecule has 0 aromatic heterocycles. The minimum Gasteiger partial charge on any atom is -0.508 e. The van der Waals surface area contributed by atoms with Crippen molar-refractivity contribution in [2.75, 3.05) is 19.6 Å². The van der Waals surface area contributed by atoms with Gasteiger partial charge in [0.05, 0.1) is 19.5 Å². The molecule has 4 aromatic rings. The summed E-state index contributed by atoms with van der Waals surface area (Å²) in [4.78, 5) is 161. The number of fused-ring (bicyclic) bond motifs is 1. The Balaban J connectivity index is 1.59. The molecule has 4 aromatic carbocycles. The fourth-order valence-corrected chi connectivity index (χ4v) is 10.3. The van der Waals surface area contributed by atoms with Gasteiger partial charge in [0.15, 0.2) is 0 Å². The number of aromatic hydroxyl groups is 1. The van der Waals surface area contributed by atoms with E-state index in [0.717, 1.165) is 22.5 Å². The van der Waals surface area contributed by atoms with E-state index in [-0.39, 0.29) is 50.3 Å².